The van der Waals surface area contributed by atoms with Crippen molar-refractivity contribution < 1.29 is 9.47 Å². The lowest BCUT2D eigenvalue weighted by atomic mass is 10.1. The highest BCUT2D eigenvalue weighted by Crippen LogP contribution is 2.19. The second-order valence-electron chi connectivity index (χ2n) is 3.90. The fourth-order valence-corrected chi connectivity index (χ4v) is 1.62. The summed E-state index contributed by atoms with van der Waals surface area (Å²) in [5, 5.41) is 3.20. The molecule has 0 bridgehead atoms. The molecule has 0 aliphatic heterocycles. The molecule has 0 fully saturated rings. The molecule has 0 unspecified atom stereocenters. The van der Waals surface area contributed by atoms with Crippen LogP contribution in [0.3, 0.4) is 0 Å². The van der Waals surface area contributed by atoms with E-state index in [2.05, 4.69) is 24.2 Å². The monoisotopic (exact) mass is 247 g/mol. The summed E-state index contributed by atoms with van der Waals surface area (Å²) >= 11 is 0. The molecule has 0 amide bonds. The van der Waals surface area contributed by atoms with Crippen molar-refractivity contribution >= 4 is 5.69 Å². The van der Waals surface area contributed by atoms with Crippen molar-refractivity contribution in [2.45, 2.75) is 20.5 Å². The Morgan fingerprint density at radius 2 is 2.06 bits per heavy atom. The third-order valence-corrected chi connectivity index (χ3v) is 2.66. The van der Waals surface area contributed by atoms with Gasteiger partial charge < -0.3 is 14.8 Å². The van der Waals surface area contributed by atoms with Crippen LogP contribution < -0.4 is 5.32 Å². The summed E-state index contributed by atoms with van der Waals surface area (Å²) in [5.74, 6) is 2.57. The molecule has 0 atom stereocenters. The van der Waals surface area contributed by atoms with Gasteiger partial charge in [0, 0.05) is 12.3 Å². The molecular weight excluding hydrogens is 226 g/mol. The lowest BCUT2D eigenvalue weighted by molar-refractivity contribution is 0.0451. The van der Waals surface area contributed by atoms with Crippen LogP contribution >= 0.6 is 0 Å². The molecule has 3 nitrogen and oxygen atoms in total. The average molecular weight is 247 g/mol. The molecule has 1 rings (SSSR count). The standard InChI is InChI=1S/C15H21NO2/c1-4-9-16-15-8-6-7-14(13(15)3)12-18-11-10-17-5-2/h1,6-8,16H,5,9-12H2,2-3H3. The van der Waals surface area contributed by atoms with Crippen molar-refractivity contribution in [2.24, 2.45) is 0 Å². The van der Waals surface area contributed by atoms with E-state index in [1.807, 2.05) is 19.1 Å². The van der Waals surface area contributed by atoms with Gasteiger partial charge in [0.25, 0.3) is 0 Å². The Morgan fingerprint density at radius 3 is 2.78 bits per heavy atom. The van der Waals surface area contributed by atoms with E-state index in [1.54, 1.807) is 0 Å². The lowest BCUT2D eigenvalue weighted by Gasteiger charge is -2.12. The Kier molecular flexibility index (Phi) is 6.93. The summed E-state index contributed by atoms with van der Waals surface area (Å²) in [6, 6.07) is 6.10. The third-order valence-electron chi connectivity index (χ3n) is 2.66. The molecule has 0 saturated heterocycles. The molecule has 0 aliphatic rings. The maximum Gasteiger partial charge on any atom is 0.0763 e. The van der Waals surface area contributed by atoms with Gasteiger partial charge in [-0.3, -0.25) is 0 Å². The fraction of sp³-hybridized carbons (Fsp3) is 0.467. The first-order valence-electron chi connectivity index (χ1n) is 6.21. The summed E-state index contributed by atoms with van der Waals surface area (Å²) in [7, 11) is 0. The van der Waals surface area contributed by atoms with Gasteiger partial charge in [-0.15, -0.1) is 6.42 Å². The van der Waals surface area contributed by atoms with Crippen LogP contribution in [-0.2, 0) is 16.1 Å². The van der Waals surface area contributed by atoms with E-state index in [0.29, 0.717) is 26.4 Å². The first-order valence-corrected chi connectivity index (χ1v) is 6.21. The first-order chi connectivity index (χ1) is 8.79. The van der Waals surface area contributed by atoms with Gasteiger partial charge in [-0.1, -0.05) is 18.1 Å². The summed E-state index contributed by atoms with van der Waals surface area (Å²) in [6.45, 7) is 7.18. The van der Waals surface area contributed by atoms with E-state index in [9.17, 15) is 0 Å². The van der Waals surface area contributed by atoms with Gasteiger partial charge >= 0.3 is 0 Å². The summed E-state index contributed by atoms with van der Waals surface area (Å²) in [6.07, 6.45) is 5.24. The molecule has 98 valence electrons. The van der Waals surface area contributed by atoms with Crippen molar-refractivity contribution in [3.8, 4) is 12.3 Å². The number of benzene rings is 1. The largest absolute Gasteiger partial charge is 0.379 e. The minimum atomic E-state index is 0.537. The van der Waals surface area contributed by atoms with E-state index >= 15 is 0 Å². The minimum Gasteiger partial charge on any atom is -0.379 e. The van der Waals surface area contributed by atoms with Crippen LogP contribution in [0.25, 0.3) is 0 Å². The molecule has 0 radical (unpaired) electrons. The SMILES string of the molecule is C#CCNc1cccc(COCCOCC)c1C. The topological polar surface area (TPSA) is 30.5 Å². The molecular formula is C15H21NO2. The third kappa shape index (κ3) is 4.79. The molecule has 1 aromatic carbocycles. The molecule has 0 aromatic heterocycles. The maximum absolute atomic E-state index is 5.57. The molecule has 1 N–H and O–H groups in total. The van der Waals surface area contributed by atoms with Crippen molar-refractivity contribution in [1.82, 2.24) is 0 Å². The number of hydrogen-bond donors (Lipinski definition) is 1. The zero-order chi connectivity index (χ0) is 13.2. The van der Waals surface area contributed by atoms with Crippen LogP contribution in [0, 0.1) is 19.3 Å². The Labute approximate surface area is 109 Å². The number of rotatable bonds is 8. The van der Waals surface area contributed by atoms with Crippen molar-refractivity contribution in [3.05, 3.63) is 29.3 Å². The zero-order valence-electron chi connectivity index (χ0n) is 11.2. The molecule has 3 heteroatoms. The fourth-order valence-electron chi connectivity index (χ4n) is 1.62. The molecule has 0 saturated carbocycles. The quantitative estimate of drug-likeness (QED) is 0.566. The van der Waals surface area contributed by atoms with Crippen LogP contribution in [0.15, 0.2) is 18.2 Å². The maximum atomic E-state index is 5.57. The smallest absolute Gasteiger partial charge is 0.0763 e. The number of ether oxygens (including phenoxy) is 2. The Morgan fingerprint density at radius 1 is 1.28 bits per heavy atom. The zero-order valence-corrected chi connectivity index (χ0v) is 11.2. The second kappa shape index (κ2) is 8.57. The van der Waals surface area contributed by atoms with E-state index < -0.39 is 0 Å². The Hall–Kier alpha value is -1.50. The van der Waals surface area contributed by atoms with Crippen LogP contribution in [0.5, 0.6) is 0 Å². The highest BCUT2D eigenvalue weighted by Gasteiger charge is 2.03. The molecule has 18 heavy (non-hydrogen) atoms. The first kappa shape index (κ1) is 14.6. The molecule has 0 aliphatic carbocycles. The van der Waals surface area contributed by atoms with Gasteiger partial charge in [0.1, 0.15) is 0 Å². The summed E-state index contributed by atoms with van der Waals surface area (Å²) in [5.41, 5.74) is 3.43. The van der Waals surface area contributed by atoms with Gasteiger partial charge in [-0.2, -0.15) is 0 Å². The highest BCUT2D eigenvalue weighted by molar-refractivity contribution is 5.54. The Bertz CT molecular complexity index is 396. The Balaban J connectivity index is 2.47. The number of terminal acetylenes is 1. The van der Waals surface area contributed by atoms with Gasteiger partial charge in [-0.25, -0.2) is 0 Å². The van der Waals surface area contributed by atoms with Crippen molar-refractivity contribution in [1.29, 1.82) is 0 Å². The number of hydrogen-bond acceptors (Lipinski definition) is 3. The number of anilines is 1. The lowest BCUT2D eigenvalue weighted by Crippen LogP contribution is -2.06. The van der Waals surface area contributed by atoms with E-state index in [4.69, 9.17) is 15.9 Å². The van der Waals surface area contributed by atoms with Crippen LogP contribution in [-0.4, -0.2) is 26.4 Å². The molecule has 1 aromatic rings. The average Bonchev–Trinajstić information content (AvgIpc) is 2.39. The van der Waals surface area contributed by atoms with Crippen LogP contribution in [0.4, 0.5) is 5.69 Å². The predicted octanol–water partition coefficient (Wildman–Crippen LogP) is 2.59. The van der Waals surface area contributed by atoms with Gasteiger partial charge in [0.05, 0.1) is 26.4 Å². The van der Waals surface area contributed by atoms with Crippen molar-refractivity contribution in [3.63, 3.8) is 0 Å². The highest BCUT2D eigenvalue weighted by atomic mass is 16.5. The van der Waals surface area contributed by atoms with E-state index in [-0.39, 0.29) is 0 Å². The van der Waals surface area contributed by atoms with Gasteiger partial charge in [-0.05, 0) is 31.0 Å². The summed E-state index contributed by atoms with van der Waals surface area (Å²) < 4.78 is 10.8. The second-order valence-corrected chi connectivity index (χ2v) is 3.90. The van der Waals surface area contributed by atoms with Gasteiger partial charge in [0.15, 0.2) is 0 Å². The minimum absolute atomic E-state index is 0.537. The van der Waals surface area contributed by atoms with Crippen LogP contribution in [0.1, 0.15) is 18.1 Å². The summed E-state index contributed by atoms with van der Waals surface area (Å²) in [4.78, 5) is 0. The van der Waals surface area contributed by atoms with Crippen molar-refractivity contribution in [2.75, 3.05) is 31.7 Å². The van der Waals surface area contributed by atoms with E-state index in [1.165, 1.54) is 11.1 Å². The number of nitrogens with one attached hydrogen (secondary N) is 1. The van der Waals surface area contributed by atoms with E-state index in [0.717, 1.165) is 12.3 Å². The normalized spacial score (nSPS) is 10.1. The van der Waals surface area contributed by atoms with Crippen LogP contribution in [0.2, 0.25) is 0 Å². The molecule has 0 heterocycles. The predicted molar refractivity (Wildman–Crippen MR) is 74.7 cm³/mol. The van der Waals surface area contributed by atoms with Gasteiger partial charge in [0.2, 0.25) is 0 Å². The molecule has 0 spiro atoms.